The third-order valence-corrected chi connectivity index (χ3v) is 8.68. The smallest absolute Gasteiger partial charge is 0.387 e. The van der Waals surface area contributed by atoms with Crippen LogP contribution in [0.2, 0.25) is 0 Å². The Kier molecular flexibility index (Phi) is 34.8. The molecule has 5 N–H and O–H groups in total. The molecule has 0 aliphatic rings. The third-order valence-electron chi connectivity index (χ3n) is 7.69. The standard InChI is InChI=1S/C41H71N2O6P/c1-3-5-7-9-11-13-15-16-17-18-19-20-21-22-23-24-25-27-29-31-33-35-41(45)43-39(38-49-50(46,47)48-37-36-42)40(44)34-32-30-28-26-14-12-10-8-6-4-2/h5-8,11,13-14,16-17,19-20,26,32,34,39-40,44H,3-4,9-10,12,15,18,21-25,27-31,33,35-38,42H2,1-2H3,(H,43,45)(H,46,47)/b7-5-,8-6+,13-11-,17-16-,20-19-,26-14+,34-32+. The number of amides is 1. The molecule has 0 spiro atoms. The number of unbranched alkanes of at least 4 members (excludes halogenated alkanes) is 10. The second kappa shape index (κ2) is 36.5. The monoisotopic (exact) mass is 719 g/mol. The molecule has 8 nitrogen and oxygen atoms in total. The van der Waals surface area contributed by atoms with Gasteiger partial charge in [0.25, 0.3) is 0 Å². The van der Waals surface area contributed by atoms with Gasteiger partial charge in [0.05, 0.1) is 25.4 Å². The van der Waals surface area contributed by atoms with Crippen LogP contribution in [0, 0.1) is 0 Å². The molecule has 0 aromatic rings. The summed E-state index contributed by atoms with van der Waals surface area (Å²) in [5.74, 6) is -0.224. The number of carbonyl (C=O) groups is 1. The number of carbonyl (C=O) groups excluding carboxylic acids is 1. The van der Waals surface area contributed by atoms with Crippen molar-refractivity contribution in [3.05, 3.63) is 85.1 Å². The molecule has 0 saturated carbocycles. The first kappa shape index (κ1) is 47.7. The van der Waals surface area contributed by atoms with Gasteiger partial charge < -0.3 is 21.1 Å². The fraction of sp³-hybridized carbons (Fsp3) is 0.634. The Morgan fingerprint density at radius 3 is 1.70 bits per heavy atom. The number of hydrogen-bond acceptors (Lipinski definition) is 6. The van der Waals surface area contributed by atoms with Crippen molar-refractivity contribution in [2.75, 3.05) is 19.8 Å². The molecule has 0 aromatic heterocycles. The Labute approximate surface area is 305 Å². The number of allylic oxidation sites excluding steroid dienone is 13. The number of hydrogen-bond donors (Lipinski definition) is 4. The second-order valence-electron chi connectivity index (χ2n) is 12.4. The van der Waals surface area contributed by atoms with E-state index in [-0.39, 0.29) is 25.7 Å². The molecule has 0 fully saturated rings. The Hall–Kier alpha value is -2.32. The predicted molar refractivity (Wildman–Crippen MR) is 212 cm³/mol. The summed E-state index contributed by atoms with van der Waals surface area (Å²) in [7, 11) is -4.35. The summed E-state index contributed by atoms with van der Waals surface area (Å²) in [6, 6.07) is -0.890. The minimum atomic E-state index is -4.35. The molecule has 286 valence electrons. The van der Waals surface area contributed by atoms with E-state index in [1.807, 2.05) is 6.08 Å². The molecule has 9 heteroatoms. The van der Waals surface area contributed by atoms with E-state index in [2.05, 4.69) is 92.1 Å². The maximum absolute atomic E-state index is 12.7. The van der Waals surface area contributed by atoms with Gasteiger partial charge in [-0.3, -0.25) is 13.8 Å². The summed E-state index contributed by atoms with van der Waals surface area (Å²) >= 11 is 0. The molecule has 50 heavy (non-hydrogen) atoms. The molecule has 0 aromatic carbocycles. The largest absolute Gasteiger partial charge is 0.472 e. The summed E-state index contributed by atoms with van der Waals surface area (Å²) in [4.78, 5) is 22.6. The van der Waals surface area contributed by atoms with Gasteiger partial charge >= 0.3 is 7.82 Å². The first-order valence-corrected chi connectivity index (χ1v) is 20.7. The SMILES string of the molecule is CC/C=C\C/C=C\C/C=C\C/C=C\CCCCCCCCCCC(=O)NC(COP(=O)(O)OCCN)C(O)/C=C/CC/C=C/CC/C=C/CC. The summed E-state index contributed by atoms with van der Waals surface area (Å²) in [5, 5.41) is 13.5. The topological polar surface area (TPSA) is 131 Å². The average Bonchev–Trinajstić information content (AvgIpc) is 3.10. The van der Waals surface area contributed by atoms with Crippen LogP contribution in [0.3, 0.4) is 0 Å². The second-order valence-corrected chi connectivity index (χ2v) is 13.8. The van der Waals surface area contributed by atoms with E-state index >= 15 is 0 Å². The highest BCUT2D eigenvalue weighted by Crippen LogP contribution is 2.43. The van der Waals surface area contributed by atoms with Gasteiger partial charge in [-0.1, -0.05) is 137 Å². The molecule has 3 atom stereocenters. The first-order valence-electron chi connectivity index (χ1n) is 19.2. The van der Waals surface area contributed by atoms with Gasteiger partial charge in [-0.15, -0.1) is 0 Å². The van der Waals surface area contributed by atoms with Crippen molar-refractivity contribution >= 4 is 13.7 Å². The molecule has 0 bridgehead atoms. The van der Waals surface area contributed by atoms with Crippen molar-refractivity contribution in [1.29, 1.82) is 0 Å². The normalized spacial score (nSPS) is 15.2. The van der Waals surface area contributed by atoms with E-state index < -0.39 is 20.0 Å². The molecule has 0 radical (unpaired) electrons. The fourth-order valence-corrected chi connectivity index (χ4v) is 5.62. The molecule has 0 aliphatic carbocycles. The highest BCUT2D eigenvalue weighted by atomic mass is 31.2. The Bertz CT molecular complexity index is 1050. The van der Waals surface area contributed by atoms with Crippen LogP contribution >= 0.6 is 7.82 Å². The van der Waals surface area contributed by atoms with Crippen LogP contribution in [-0.4, -0.2) is 47.8 Å². The molecule has 0 aliphatic heterocycles. The highest BCUT2D eigenvalue weighted by molar-refractivity contribution is 7.47. The van der Waals surface area contributed by atoms with Crippen molar-refractivity contribution in [3.8, 4) is 0 Å². The van der Waals surface area contributed by atoms with Crippen LogP contribution in [0.5, 0.6) is 0 Å². The van der Waals surface area contributed by atoms with Gasteiger partial charge in [0.2, 0.25) is 5.91 Å². The van der Waals surface area contributed by atoms with Crippen LogP contribution in [-0.2, 0) is 18.4 Å². The third kappa shape index (κ3) is 34.1. The van der Waals surface area contributed by atoms with Crippen LogP contribution in [0.15, 0.2) is 85.1 Å². The van der Waals surface area contributed by atoms with Gasteiger partial charge in [0.1, 0.15) is 0 Å². The van der Waals surface area contributed by atoms with Crippen molar-refractivity contribution in [1.82, 2.24) is 5.32 Å². The number of rotatable bonds is 34. The zero-order valence-electron chi connectivity index (χ0n) is 31.3. The number of aliphatic hydroxyl groups is 1. The maximum atomic E-state index is 12.7. The van der Waals surface area contributed by atoms with Crippen molar-refractivity contribution in [3.63, 3.8) is 0 Å². The highest BCUT2D eigenvalue weighted by Gasteiger charge is 2.26. The average molecular weight is 719 g/mol. The van der Waals surface area contributed by atoms with Crippen LogP contribution in [0.25, 0.3) is 0 Å². The summed E-state index contributed by atoms with van der Waals surface area (Å²) in [6.45, 7) is 3.83. The summed E-state index contributed by atoms with van der Waals surface area (Å²) in [5.41, 5.74) is 5.34. The van der Waals surface area contributed by atoms with E-state index in [9.17, 15) is 19.4 Å². The van der Waals surface area contributed by atoms with Crippen LogP contribution in [0.1, 0.15) is 136 Å². The predicted octanol–water partition coefficient (Wildman–Crippen LogP) is 10.3. The molecule has 3 unspecified atom stereocenters. The van der Waals surface area contributed by atoms with Crippen molar-refractivity contribution in [2.45, 2.75) is 148 Å². The van der Waals surface area contributed by atoms with Crippen LogP contribution < -0.4 is 11.1 Å². The van der Waals surface area contributed by atoms with E-state index in [1.54, 1.807) is 6.08 Å². The van der Waals surface area contributed by atoms with E-state index in [4.69, 9.17) is 14.8 Å². The number of phosphoric acid groups is 1. The van der Waals surface area contributed by atoms with Gasteiger partial charge in [-0.2, -0.15) is 0 Å². The van der Waals surface area contributed by atoms with Gasteiger partial charge in [0.15, 0.2) is 0 Å². The van der Waals surface area contributed by atoms with E-state index in [0.29, 0.717) is 6.42 Å². The lowest BCUT2D eigenvalue weighted by Crippen LogP contribution is -2.45. The zero-order chi connectivity index (χ0) is 36.8. The number of nitrogens with one attached hydrogen (secondary N) is 1. The minimum Gasteiger partial charge on any atom is -0.387 e. The Balaban J connectivity index is 4.26. The Morgan fingerprint density at radius 2 is 1.12 bits per heavy atom. The fourth-order valence-electron chi connectivity index (χ4n) is 4.87. The quantitative estimate of drug-likeness (QED) is 0.0296. The summed E-state index contributed by atoms with van der Waals surface area (Å²) in [6.07, 6.45) is 47.8. The van der Waals surface area contributed by atoms with Crippen molar-refractivity contribution < 1.29 is 28.4 Å². The van der Waals surface area contributed by atoms with Gasteiger partial charge in [0, 0.05) is 13.0 Å². The molecular formula is C41H71N2O6P. The van der Waals surface area contributed by atoms with Crippen LogP contribution in [0.4, 0.5) is 0 Å². The molecule has 0 saturated heterocycles. The number of nitrogens with two attached hydrogens (primary N) is 1. The number of aliphatic hydroxyl groups excluding tert-OH is 1. The minimum absolute atomic E-state index is 0.0655. The van der Waals surface area contributed by atoms with Crippen molar-refractivity contribution in [2.24, 2.45) is 5.73 Å². The van der Waals surface area contributed by atoms with Gasteiger partial charge in [-0.25, -0.2) is 4.57 Å². The number of phosphoric ester groups is 1. The van der Waals surface area contributed by atoms with Gasteiger partial charge in [-0.05, 0) is 77.0 Å². The maximum Gasteiger partial charge on any atom is 0.472 e. The molecule has 0 heterocycles. The molecule has 0 rings (SSSR count). The molecular weight excluding hydrogens is 647 g/mol. The zero-order valence-corrected chi connectivity index (χ0v) is 32.2. The Morgan fingerprint density at radius 1 is 0.660 bits per heavy atom. The summed E-state index contributed by atoms with van der Waals surface area (Å²) < 4.78 is 22.0. The van der Waals surface area contributed by atoms with E-state index in [0.717, 1.165) is 89.9 Å². The lowest BCUT2D eigenvalue weighted by atomic mass is 10.1. The first-order chi connectivity index (χ1) is 24.4. The molecule has 1 amide bonds. The lowest BCUT2D eigenvalue weighted by Gasteiger charge is -2.23. The lowest BCUT2D eigenvalue weighted by molar-refractivity contribution is -0.123. The van der Waals surface area contributed by atoms with E-state index in [1.165, 1.54) is 25.7 Å².